The summed E-state index contributed by atoms with van der Waals surface area (Å²) in [5.41, 5.74) is 1.63. The average Bonchev–Trinajstić information content (AvgIpc) is 2.72. The molecular weight excluding hydrogens is 308 g/mol. The van der Waals surface area contributed by atoms with Crippen molar-refractivity contribution in [2.24, 2.45) is 0 Å². The number of hydrogen-bond acceptors (Lipinski definition) is 3. The number of hydrogen-bond donors (Lipinski definition) is 1. The Bertz CT molecular complexity index is 607. The van der Waals surface area contributed by atoms with Crippen molar-refractivity contribution in [1.82, 2.24) is 10.2 Å². The first-order valence-corrected chi connectivity index (χ1v) is 6.92. The van der Waals surface area contributed by atoms with Gasteiger partial charge in [-0.05, 0) is 32.2 Å². The lowest BCUT2D eigenvalue weighted by atomic mass is 10.1. The van der Waals surface area contributed by atoms with Crippen molar-refractivity contribution < 1.29 is 9.21 Å². The van der Waals surface area contributed by atoms with Crippen LogP contribution < -0.4 is 5.32 Å². The zero-order chi connectivity index (χ0) is 14.0. The molecule has 19 heavy (non-hydrogen) atoms. The number of likely N-dealkylation sites (N-methyl/N-ethyl adjacent to an activating group) is 2. The van der Waals surface area contributed by atoms with Crippen LogP contribution in [0.15, 0.2) is 27.1 Å². The van der Waals surface area contributed by atoms with Gasteiger partial charge in [0.25, 0.3) is 5.91 Å². The van der Waals surface area contributed by atoms with Crippen molar-refractivity contribution in [3.8, 4) is 0 Å². The number of carbonyl (C=O) groups excluding carboxylic acids is 1. The molecule has 0 aliphatic heterocycles. The Balaban J connectivity index is 2.34. The van der Waals surface area contributed by atoms with Crippen LogP contribution in [0.25, 0.3) is 11.0 Å². The molecule has 0 spiro atoms. The second kappa shape index (κ2) is 5.75. The Labute approximate surface area is 120 Å². The van der Waals surface area contributed by atoms with E-state index in [4.69, 9.17) is 4.42 Å². The average molecular weight is 325 g/mol. The van der Waals surface area contributed by atoms with E-state index >= 15 is 0 Å². The standard InChI is InChI=1S/C14H17BrN2O2/c1-9-11-8-10(15)4-5-12(11)19-13(9)14(18)17(3)7-6-16-2/h4-5,8,16H,6-7H2,1-3H3. The van der Waals surface area contributed by atoms with Gasteiger partial charge in [0.1, 0.15) is 5.58 Å². The maximum absolute atomic E-state index is 12.3. The van der Waals surface area contributed by atoms with Gasteiger partial charge in [0.15, 0.2) is 5.76 Å². The number of benzene rings is 1. The van der Waals surface area contributed by atoms with E-state index < -0.39 is 0 Å². The van der Waals surface area contributed by atoms with Crippen LogP contribution in [-0.4, -0.2) is 38.0 Å². The van der Waals surface area contributed by atoms with Gasteiger partial charge in [0, 0.05) is 35.6 Å². The van der Waals surface area contributed by atoms with Crippen LogP contribution >= 0.6 is 15.9 Å². The monoisotopic (exact) mass is 324 g/mol. The van der Waals surface area contributed by atoms with Gasteiger partial charge >= 0.3 is 0 Å². The Hall–Kier alpha value is -1.33. The predicted octanol–water partition coefficient (Wildman–Crippen LogP) is 2.80. The first-order valence-electron chi connectivity index (χ1n) is 6.13. The molecule has 1 N–H and O–H groups in total. The summed E-state index contributed by atoms with van der Waals surface area (Å²) in [6, 6.07) is 5.75. The number of fused-ring (bicyclic) bond motifs is 1. The molecule has 0 unspecified atom stereocenters. The number of aryl methyl sites for hydroxylation is 1. The zero-order valence-corrected chi connectivity index (χ0v) is 12.9. The maximum atomic E-state index is 12.3. The van der Waals surface area contributed by atoms with Crippen LogP contribution in [-0.2, 0) is 0 Å². The van der Waals surface area contributed by atoms with E-state index in [2.05, 4.69) is 21.2 Å². The van der Waals surface area contributed by atoms with Crippen LogP contribution in [0.2, 0.25) is 0 Å². The van der Waals surface area contributed by atoms with Crippen molar-refractivity contribution in [3.05, 3.63) is 34.0 Å². The summed E-state index contributed by atoms with van der Waals surface area (Å²) in [7, 11) is 3.64. The van der Waals surface area contributed by atoms with E-state index in [0.29, 0.717) is 12.3 Å². The first kappa shape index (κ1) is 14.1. The minimum absolute atomic E-state index is 0.0833. The molecule has 0 bridgehead atoms. The third-order valence-corrected chi connectivity index (χ3v) is 3.63. The van der Waals surface area contributed by atoms with E-state index in [9.17, 15) is 4.79 Å². The number of furan rings is 1. The quantitative estimate of drug-likeness (QED) is 0.940. The molecule has 0 saturated carbocycles. The first-order chi connectivity index (χ1) is 9.04. The lowest BCUT2D eigenvalue weighted by Gasteiger charge is -2.15. The van der Waals surface area contributed by atoms with Gasteiger partial charge in [-0.2, -0.15) is 0 Å². The highest BCUT2D eigenvalue weighted by Crippen LogP contribution is 2.28. The van der Waals surface area contributed by atoms with E-state index in [1.54, 1.807) is 11.9 Å². The number of nitrogens with one attached hydrogen (secondary N) is 1. The van der Waals surface area contributed by atoms with Gasteiger partial charge in [-0.25, -0.2) is 0 Å². The Morgan fingerprint density at radius 1 is 1.47 bits per heavy atom. The molecule has 2 aromatic rings. The molecule has 5 heteroatoms. The van der Waals surface area contributed by atoms with Crippen molar-refractivity contribution in [1.29, 1.82) is 0 Å². The van der Waals surface area contributed by atoms with Crippen LogP contribution in [0.4, 0.5) is 0 Å². The Morgan fingerprint density at radius 3 is 2.89 bits per heavy atom. The fourth-order valence-corrected chi connectivity index (χ4v) is 2.31. The molecule has 4 nitrogen and oxygen atoms in total. The van der Waals surface area contributed by atoms with E-state index in [-0.39, 0.29) is 5.91 Å². The highest BCUT2D eigenvalue weighted by atomic mass is 79.9. The van der Waals surface area contributed by atoms with Gasteiger partial charge in [0.05, 0.1) is 0 Å². The Kier molecular flexibility index (Phi) is 4.27. The minimum atomic E-state index is -0.0833. The number of amides is 1. The van der Waals surface area contributed by atoms with Crippen LogP contribution in [0.3, 0.4) is 0 Å². The summed E-state index contributed by atoms with van der Waals surface area (Å²) in [6.07, 6.45) is 0. The fourth-order valence-electron chi connectivity index (χ4n) is 1.95. The third-order valence-electron chi connectivity index (χ3n) is 3.14. The summed E-state index contributed by atoms with van der Waals surface area (Å²) in [5.74, 6) is 0.340. The summed E-state index contributed by atoms with van der Waals surface area (Å²) >= 11 is 3.43. The Morgan fingerprint density at radius 2 is 2.21 bits per heavy atom. The van der Waals surface area contributed by atoms with E-state index in [1.165, 1.54) is 0 Å². The summed E-state index contributed by atoms with van der Waals surface area (Å²) in [5, 5.41) is 3.99. The topological polar surface area (TPSA) is 45.5 Å². The molecule has 1 heterocycles. The molecular formula is C14H17BrN2O2. The number of rotatable bonds is 4. The molecule has 102 valence electrons. The molecule has 2 rings (SSSR count). The van der Waals surface area contributed by atoms with Gasteiger partial charge in [-0.1, -0.05) is 15.9 Å². The zero-order valence-electron chi connectivity index (χ0n) is 11.3. The molecule has 1 amide bonds. The van der Waals surface area contributed by atoms with Crippen molar-refractivity contribution >= 4 is 32.8 Å². The molecule has 0 fully saturated rings. The predicted molar refractivity (Wildman–Crippen MR) is 79.5 cm³/mol. The molecule has 0 aliphatic carbocycles. The lowest BCUT2D eigenvalue weighted by molar-refractivity contribution is 0.0767. The number of nitrogens with zero attached hydrogens (tertiary/aromatic N) is 1. The molecule has 0 atom stereocenters. The molecule has 1 aromatic heterocycles. The minimum Gasteiger partial charge on any atom is -0.451 e. The van der Waals surface area contributed by atoms with Gasteiger partial charge in [-0.3, -0.25) is 4.79 Å². The molecule has 0 saturated heterocycles. The molecule has 0 radical (unpaired) electrons. The summed E-state index contributed by atoms with van der Waals surface area (Å²) < 4.78 is 6.66. The van der Waals surface area contributed by atoms with Crippen LogP contribution in [0, 0.1) is 6.92 Å². The van der Waals surface area contributed by atoms with E-state index in [1.807, 2.05) is 32.2 Å². The largest absolute Gasteiger partial charge is 0.451 e. The second-order valence-corrected chi connectivity index (χ2v) is 5.44. The van der Waals surface area contributed by atoms with Crippen molar-refractivity contribution in [2.75, 3.05) is 27.2 Å². The summed E-state index contributed by atoms with van der Waals surface area (Å²) in [6.45, 7) is 3.32. The smallest absolute Gasteiger partial charge is 0.289 e. The normalized spacial score (nSPS) is 10.9. The lowest BCUT2D eigenvalue weighted by Crippen LogP contribution is -2.32. The fraction of sp³-hybridized carbons (Fsp3) is 0.357. The van der Waals surface area contributed by atoms with Gasteiger partial charge in [-0.15, -0.1) is 0 Å². The third kappa shape index (κ3) is 2.82. The second-order valence-electron chi connectivity index (χ2n) is 4.53. The summed E-state index contributed by atoms with van der Waals surface area (Å²) in [4.78, 5) is 14.0. The SMILES string of the molecule is CNCCN(C)C(=O)c1oc2ccc(Br)cc2c1C. The highest BCUT2D eigenvalue weighted by Gasteiger charge is 2.20. The van der Waals surface area contributed by atoms with Gasteiger partial charge in [0.2, 0.25) is 0 Å². The van der Waals surface area contributed by atoms with Gasteiger partial charge < -0.3 is 14.6 Å². The van der Waals surface area contributed by atoms with Crippen LogP contribution in [0.5, 0.6) is 0 Å². The molecule has 0 aliphatic rings. The highest BCUT2D eigenvalue weighted by molar-refractivity contribution is 9.10. The van der Waals surface area contributed by atoms with E-state index in [0.717, 1.165) is 27.6 Å². The van der Waals surface area contributed by atoms with Crippen molar-refractivity contribution in [2.45, 2.75) is 6.92 Å². The number of carbonyl (C=O) groups is 1. The van der Waals surface area contributed by atoms with Crippen LogP contribution in [0.1, 0.15) is 16.1 Å². The maximum Gasteiger partial charge on any atom is 0.289 e. The van der Waals surface area contributed by atoms with Crippen molar-refractivity contribution in [3.63, 3.8) is 0 Å². The molecule has 1 aromatic carbocycles. The number of halogens is 1.